The van der Waals surface area contributed by atoms with E-state index in [-0.39, 0.29) is 5.78 Å². The number of ether oxygens (including phenoxy) is 4. The van der Waals surface area contributed by atoms with Crippen LogP contribution in [-0.4, -0.2) is 44.3 Å². The molecule has 0 fully saturated rings. The molecule has 2 aromatic carbocycles. The van der Waals surface area contributed by atoms with E-state index in [1.54, 1.807) is 19.3 Å². The van der Waals surface area contributed by atoms with Crippen LogP contribution in [0.25, 0.3) is 6.08 Å². The molecular formula is C23H25NO5. The first-order valence-electron chi connectivity index (χ1n) is 9.86. The van der Waals surface area contributed by atoms with Crippen molar-refractivity contribution in [2.75, 3.05) is 33.6 Å². The summed E-state index contributed by atoms with van der Waals surface area (Å²) in [6, 6.07) is 11.2. The molecule has 6 heteroatoms. The van der Waals surface area contributed by atoms with Gasteiger partial charge in [0.25, 0.3) is 0 Å². The average molecular weight is 395 g/mol. The lowest BCUT2D eigenvalue weighted by Gasteiger charge is -2.29. The van der Waals surface area contributed by atoms with Gasteiger partial charge in [0.2, 0.25) is 5.78 Å². The Bertz CT molecular complexity index is 920. The Hall–Kier alpha value is -2.83. The molecular weight excluding hydrogens is 370 g/mol. The van der Waals surface area contributed by atoms with Crippen molar-refractivity contribution < 1.29 is 23.7 Å². The first-order chi connectivity index (χ1) is 14.2. The largest absolute Gasteiger partial charge is 0.494 e. The van der Waals surface area contributed by atoms with E-state index in [1.165, 1.54) is 0 Å². The molecule has 152 valence electrons. The van der Waals surface area contributed by atoms with Crippen molar-refractivity contribution in [2.24, 2.45) is 0 Å². The molecule has 2 aliphatic rings. The average Bonchev–Trinajstić information content (AvgIpc) is 3.06. The van der Waals surface area contributed by atoms with Crippen molar-refractivity contribution >= 4 is 11.9 Å². The highest BCUT2D eigenvalue weighted by molar-refractivity contribution is 6.15. The van der Waals surface area contributed by atoms with E-state index < -0.39 is 0 Å². The summed E-state index contributed by atoms with van der Waals surface area (Å²) in [7, 11) is 1.70. The molecule has 6 nitrogen and oxygen atoms in total. The number of rotatable bonds is 7. The normalized spacial score (nSPS) is 16.9. The third-order valence-corrected chi connectivity index (χ3v) is 4.99. The van der Waals surface area contributed by atoms with E-state index in [1.807, 2.05) is 37.3 Å². The summed E-state index contributed by atoms with van der Waals surface area (Å²) in [5.74, 6) is 2.42. The van der Waals surface area contributed by atoms with E-state index in [2.05, 4.69) is 4.90 Å². The lowest BCUT2D eigenvalue weighted by Crippen LogP contribution is -2.33. The van der Waals surface area contributed by atoms with Gasteiger partial charge in [-0.1, -0.05) is 12.1 Å². The number of Topliss-reactive ketones (excluding diaryl/α,β-unsaturated/α-hetero) is 1. The van der Waals surface area contributed by atoms with Crippen LogP contribution in [-0.2, 0) is 11.3 Å². The zero-order chi connectivity index (χ0) is 20.2. The quantitative estimate of drug-likeness (QED) is 0.524. The number of allylic oxidation sites excluding steroid dienone is 1. The first-order valence-corrected chi connectivity index (χ1v) is 9.86. The third-order valence-electron chi connectivity index (χ3n) is 4.99. The van der Waals surface area contributed by atoms with E-state index >= 15 is 0 Å². The van der Waals surface area contributed by atoms with Gasteiger partial charge < -0.3 is 18.9 Å². The van der Waals surface area contributed by atoms with Crippen LogP contribution in [0, 0.1) is 0 Å². The second-order valence-electron chi connectivity index (χ2n) is 7.03. The van der Waals surface area contributed by atoms with Gasteiger partial charge in [-0.3, -0.25) is 9.69 Å². The molecule has 0 saturated carbocycles. The van der Waals surface area contributed by atoms with E-state index in [9.17, 15) is 4.79 Å². The van der Waals surface area contributed by atoms with Crippen molar-refractivity contribution in [2.45, 2.75) is 19.9 Å². The number of carbonyl (C=O) groups is 1. The summed E-state index contributed by atoms with van der Waals surface area (Å²) < 4.78 is 22.5. The van der Waals surface area contributed by atoms with Crippen molar-refractivity contribution in [1.82, 2.24) is 4.90 Å². The molecule has 0 radical (unpaired) electrons. The topological polar surface area (TPSA) is 57.2 Å². The minimum Gasteiger partial charge on any atom is -0.494 e. The Kier molecular flexibility index (Phi) is 5.83. The standard InChI is InChI=1S/C23H25NO5/c1-3-27-17-7-5-16(6-8-17)13-21-22(25)18-9-10-20-19(23(18)29-21)14-24(15-28-20)11-4-12-26-2/h5-10,13H,3-4,11-12,14-15H2,1-2H3/b21-13-. The van der Waals surface area contributed by atoms with Crippen molar-refractivity contribution in [1.29, 1.82) is 0 Å². The fraction of sp³-hybridized carbons (Fsp3) is 0.348. The molecule has 29 heavy (non-hydrogen) atoms. The zero-order valence-electron chi connectivity index (χ0n) is 16.8. The lowest BCUT2D eigenvalue weighted by molar-refractivity contribution is 0.0823. The Balaban J connectivity index is 1.55. The maximum Gasteiger partial charge on any atom is 0.231 e. The van der Waals surface area contributed by atoms with Gasteiger partial charge in [-0.15, -0.1) is 0 Å². The summed E-state index contributed by atoms with van der Waals surface area (Å²) in [5.41, 5.74) is 2.40. The molecule has 2 heterocycles. The van der Waals surface area contributed by atoms with Crippen LogP contribution in [0.3, 0.4) is 0 Å². The van der Waals surface area contributed by atoms with Crippen LogP contribution in [0.1, 0.15) is 34.8 Å². The van der Waals surface area contributed by atoms with Gasteiger partial charge in [-0.2, -0.15) is 0 Å². The monoisotopic (exact) mass is 395 g/mol. The summed E-state index contributed by atoms with van der Waals surface area (Å²) in [6.07, 6.45) is 2.69. The lowest BCUT2D eigenvalue weighted by atomic mass is 10.0. The molecule has 0 amide bonds. The van der Waals surface area contributed by atoms with Crippen molar-refractivity contribution in [3.05, 3.63) is 58.8 Å². The molecule has 0 unspecified atom stereocenters. The van der Waals surface area contributed by atoms with Gasteiger partial charge in [0, 0.05) is 26.8 Å². The van der Waals surface area contributed by atoms with Crippen LogP contribution in [0.15, 0.2) is 42.2 Å². The van der Waals surface area contributed by atoms with Crippen LogP contribution < -0.4 is 14.2 Å². The number of hydrogen-bond acceptors (Lipinski definition) is 6. The van der Waals surface area contributed by atoms with Crippen LogP contribution >= 0.6 is 0 Å². The maximum absolute atomic E-state index is 12.9. The summed E-state index contributed by atoms with van der Waals surface area (Å²) in [5, 5.41) is 0. The highest BCUT2D eigenvalue weighted by atomic mass is 16.5. The fourth-order valence-corrected chi connectivity index (χ4v) is 3.56. The van der Waals surface area contributed by atoms with Crippen molar-refractivity contribution in [3.8, 4) is 17.2 Å². The second kappa shape index (κ2) is 8.68. The van der Waals surface area contributed by atoms with Gasteiger partial charge in [-0.25, -0.2) is 0 Å². The minimum absolute atomic E-state index is 0.104. The minimum atomic E-state index is -0.104. The Morgan fingerprint density at radius 1 is 1.17 bits per heavy atom. The van der Waals surface area contributed by atoms with Gasteiger partial charge in [0.1, 0.15) is 24.0 Å². The van der Waals surface area contributed by atoms with Crippen LogP contribution in [0.5, 0.6) is 17.2 Å². The fourth-order valence-electron chi connectivity index (χ4n) is 3.56. The highest BCUT2D eigenvalue weighted by Gasteiger charge is 2.33. The summed E-state index contributed by atoms with van der Waals surface area (Å²) >= 11 is 0. The third kappa shape index (κ3) is 4.13. The summed E-state index contributed by atoms with van der Waals surface area (Å²) in [4.78, 5) is 15.0. The molecule has 4 rings (SSSR count). The number of methoxy groups -OCH3 is 1. The predicted octanol–water partition coefficient (Wildman–Crippen LogP) is 3.89. The van der Waals surface area contributed by atoms with Crippen LogP contribution in [0.4, 0.5) is 0 Å². The number of hydrogen-bond donors (Lipinski definition) is 0. The van der Waals surface area contributed by atoms with Crippen molar-refractivity contribution in [3.63, 3.8) is 0 Å². The van der Waals surface area contributed by atoms with Gasteiger partial charge >= 0.3 is 0 Å². The SMILES string of the molecule is CCOc1ccc(/C=C2\Oc3c(ccc4c3CN(CCCOC)CO4)C2=O)cc1. The molecule has 0 aliphatic carbocycles. The number of benzene rings is 2. The highest BCUT2D eigenvalue weighted by Crippen LogP contribution is 2.42. The van der Waals surface area contributed by atoms with Gasteiger partial charge in [0.05, 0.1) is 17.7 Å². The molecule has 0 spiro atoms. The second-order valence-corrected chi connectivity index (χ2v) is 7.03. The van der Waals surface area contributed by atoms with Crippen LogP contribution in [0.2, 0.25) is 0 Å². The number of nitrogens with zero attached hydrogens (tertiary/aromatic N) is 1. The molecule has 0 N–H and O–H groups in total. The smallest absolute Gasteiger partial charge is 0.231 e. The maximum atomic E-state index is 12.9. The Morgan fingerprint density at radius 3 is 2.76 bits per heavy atom. The number of ketones is 1. The molecule has 0 aromatic heterocycles. The molecule has 2 aliphatic heterocycles. The number of carbonyl (C=O) groups excluding carboxylic acids is 1. The zero-order valence-corrected chi connectivity index (χ0v) is 16.8. The molecule has 0 bridgehead atoms. The Morgan fingerprint density at radius 2 is 2.00 bits per heavy atom. The Labute approximate surface area is 170 Å². The molecule has 0 atom stereocenters. The summed E-state index contributed by atoms with van der Waals surface area (Å²) in [6.45, 7) is 5.35. The number of fused-ring (bicyclic) bond motifs is 3. The van der Waals surface area contributed by atoms with E-state index in [4.69, 9.17) is 18.9 Å². The van der Waals surface area contributed by atoms with Gasteiger partial charge in [0.15, 0.2) is 5.76 Å². The predicted molar refractivity (Wildman–Crippen MR) is 109 cm³/mol. The molecule has 2 aromatic rings. The van der Waals surface area contributed by atoms with Gasteiger partial charge in [-0.05, 0) is 49.2 Å². The molecule has 0 saturated heterocycles. The van der Waals surface area contributed by atoms with E-state index in [0.717, 1.165) is 35.6 Å². The first kappa shape index (κ1) is 19.5. The van der Waals surface area contributed by atoms with E-state index in [0.29, 0.717) is 43.6 Å².